The average Bonchev–Trinajstić information content (AvgIpc) is 3.08. The van der Waals surface area contributed by atoms with E-state index in [-0.39, 0.29) is 5.91 Å². The summed E-state index contributed by atoms with van der Waals surface area (Å²) in [5.74, 6) is 0.839. The zero-order chi connectivity index (χ0) is 17.5. The van der Waals surface area contributed by atoms with Crippen LogP contribution in [0.15, 0.2) is 63.0 Å². The van der Waals surface area contributed by atoms with Gasteiger partial charge in [-0.25, -0.2) is 4.98 Å². The molecule has 1 N–H and O–H groups in total. The molecule has 1 amide bonds. The Morgan fingerprint density at radius 2 is 2.04 bits per heavy atom. The van der Waals surface area contributed by atoms with E-state index in [9.17, 15) is 4.79 Å². The summed E-state index contributed by atoms with van der Waals surface area (Å²) < 4.78 is 2.06. The van der Waals surface area contributed by atoms with Crippen molar-refractivity contribution in [1.29, 1.82) is 0 Å². The normalized spacial score (nSPS) is 10.6. The van der Waals surface area contributed by atoms with Crippen LogP contribution in [0.3, 0.4) is 0 Å². The molecule has 7 heteroatoms. The number of thiazole rings is 1. The van der Waals surface area contributed by atoms with E-state index in [2.05, 4.69) is 43.3 Å². The summed E-state index contributed by atoms with van der Waals surface area (Å²) >= 11 is 6.71. The number of halogens is 1. The molecule has 0 aliphatic rings. The topological polar surface area (TPSA) is 54.9 Å². The van der Waals surface area contributed by atoms with Crippen LogP contribution in [0.1, 0.15) is 16.8 Å². The summed E-state index contributed by atoms with van der Waals surface area (Å²) in [6.07, 6.45) is 3.77. The molecule has 0 bridgehead atoms. The lowest BCUT2D eigenvalue weighted by Gasteiger charge is -2.03. The van der Waals surface area contributed by atoms with Crippen molar-refractivity contribution >= 4 is 44.9 Å². The first-order chi connectivity index (χ1) is 12.2. The minimum absolute atomic E-state index is 0.0291. The number of nitrogens with one attached hydrogen (secondary N) is 1. The Morgan fingerprint density at radius 1 is 1.20 bits per heavy atom. The maximum atomic E-state index is 12.0. The molecule has 128 valence electrons. The highest BCUT2D eigenvalue weighted by atomic mass is 79.9. The van der Waals surface area contributed by atoms with E-state index in [1.165, 1.54) is 5.56 Å². The maximum Gasteiger partial charge on any atom is 0.226 e. The first-order valence-corrected chi connectivity index (χ1v) is 10.3. The summed E-state index contributed by atoms with van der Waals surface area (Å²) in [6.45, 7) is 0.488. The van der Waals surface area contributed by atoms with Gasteiger partial charge in [0.15, 0.2) is 0 Å². The molecule has 0 atom stereocenters. The van der Waals surface area contributed by atoms with E-state index in [1.54, 1.807) is 35.5 Å². The lowest BCUT2D eigenvalue weighted by molar-refractivity contribution is -0.120. The second kappa shape index (κ2) is 9.12. The second-order valence-corrected chi connectivity index (χ2v) is 8.33. The van der Waals surface area contributed by atoms with Gasteiger partial charge < -0.3 is 5.32 Å². The third kappa shape index (κ3) is 5.95. The Balaban J connectivity index is 1.46. The van der Waals surface area contributed by atoms with E-state index in [0.717, 1.165) is 25.8 Å². The summed E-state index contributed by atoms with van der Waals surface area (Å²) in [5, 5.41) is 4.85. The fourth-order valence-corrected chi connectivity index (χ4v) is 4.16. The zero-order valence-electron chi connectivity index (χ0n) is 13.3. The van der Waals surface area contributed by atoms with Crippen LogP contribution in [0.25, 0.3) is 0 Å². The Hall–Kier alpha value is -1.70. The van der Waals surface area contributed by atoms with Gasteiger partial charge in [-0.3, -0.25) is 9.78 Å². The Kier molecular flexibility index (Phi) is 6.61. The van der Waals surface area contributed by atoms with Crippen LogP contribution in [-0.2, 0) is 23.5 Å². The highest BCUT2D eigenvalue weighted by Crippen LogP contribution is 2.26. The number of pyridine rings is 1. The molecule has 0 fully saturated rings. The van der Waals surface area contributed by atoms with Gasteiger partial charge in [-0.2, -0.15) is 0 Å². The van der Waals surface area contributed by atoms with Gasteiger partial charge in [-0.1, -0.05) is 45.9 Å². The molecule has 0 saturated heterocycles. The molecule has 2 aromatic heterocycles. The maximum absolute atomic E-state index is 12.0. The quantitative estimate of drug-likeness (QED) is 0.559. The minimum Gasteiger partial charge on any atom is -0.352 e. The van der Waals surface area contributed by atoms with Crippen molar-refractivity contribution in [2.24, 2.45) is 0 Å². The molecule has 0 aliphatic carbocycles. The van der Waals surface area contributed by atoms with Crippen molar-refractivity contribution in [1.82, 2.24) is 15.3 Å². The van der Waals surface area contributed by atoms with Crippen molar-refractivity contribution in [2.45, 2.75) is 23.1 Å². The van der Waals surface area contributed by atoms with E-state index in [0.29, 0.717) is 13.0 Å². The number of benzene rings is 1. The van der Waals surface area contributed by atoms with E-state index in [1.807, 2.05) is 29.6 Å². The first kappa shape index (κ1) is 18.1. The SMILES string of the molecule is O=C(Cc1csc(SCc2ccc(Br)cc2)n1)NCc1cccnc1. The van der Waals surface area contributed by atoms with Crippen molar-refractivity contribution < 1.29 is 4.79 Å². The van der Waals surface area contributed by atoms with Crippen LogP contribution < -0.4 is 5.32 Å². The Labute approximate surface area is 163 Å². The molecule has 0 spiro atoms. The van der Waals surface area contributed by atoms with Gasteiger partial charge in [0.1, 0.15) is 4.34 Å². The molecular formula is C18H16BrN3OS2. The number of hydrogen-bond donors (Lipinski definition) is 1. The average molecular weight is 434 g/mol. The van der Waals surface area contributed by atoms with Gasteiger partial charge in [0.25, 0.3) is 0 Å². The molecule has 0 radical (unpaired) electrons. The predicted octanol–water partition coefficient (Wildman–Crippen LogP) is 4.45. The van der Waals surface area contributed by atoms with Crippen LogP contribution in [0.2, 0.25) is 0 Å². The number of aromatic nitrogens is 2. The summed E-state index contributed by atoms with van der Waals surface area (Å²) in [6, 6.07) is 12.1. The lowest BCUT2D eigenvalue weighted by atomic mass is 10.2. The molecule has 3 aromatic rings. The largest absolute Gasteiger partial charge is 0.352 e. The molecule has 2 heterocycles. The first-order valence-electron chi connectivity index (χ1n) is 7.66. The fraction of sp³-hybridized carbons (Fsp3) is 0.167. The highest BCUT2D eigenvalue weighted by Gasteiger charge is 2.08. The Bertz CT molecular complexity index is 822. The fourth-order valence-electron chi connectivity index (χ4n) is 2.09. The van der Waals surface area contributed by atoms with Crippen LogP contribution in [-0.4, -0.2) is 15.9 Å². The van der Waals surface area contributed by atoms with E-state index >= 15 is 0 Å². The standard InChI is InChI=1S/C18H16BrN3OS2/c19-15-5-3-13(4-6-15)11-24-18-22-16(12-25-18)8-17(23)21-10-14-2-1-7-20-9-14/h1-7,9,12H,8,10-11H2,(H,21,23). The summed E-state index contributed by atoms with van der Waals surface area (Å²) in [7, 11) is 0. The molecule has 3 rings (SSSR count). The molecular weight excluding hydrogens is 418 g/mol. The summed E-state index contributed by atoms with van der Waals surface area (Å²) in [4.78, 5) is 20.6. The van der Waals surface area contributed by atoms with Gasteiger partial charge >= 0.3 is 0 Å². The molecule has 25 heavy (non-hydrogen) atoms. The van der Waals surface area contributed by atoms with Crippen LogP contribution >= 0.6 is 39.0 Å². The molecule has 0 unspecified atom stereocenters. The molecule has 0 aliphatic heterocycles. The third-order valence-corrected chi connectivity index (χ3v) is 6.03. The van der Waals surface area contributed by atoms with Crippen LogP contribution in [0.4, 0.5) is 0 Å². The van der Waals surface area contributed by atoms with Crippen molar-refractivity contribution in [3.05, 3.63) is 75.5 Å². The minimum atomic E-state index is -0.0291. The molecule has 0 saturated carbocycles. The monoisotopic (exact) mass is 433 g/mol. The number of hydrogen-bond acceptors (Lipinski definition) is 5. The Morgan fingerprint density at radius 3 is 2.80 bits per heavy atom. The number of thioether (sulfide) groups is 1. The smallest absolute Gasteiger partial charge is 0.226 e. The number of amides is 1. The number of nitrogens with zero attached hydrogens (tertiary/aromatic N) is 2. The summed E-state index contributed by atoms with van der Waals surface area (Å²) in [5.41, 5.74) is 3.05. The van der Waals surface area contributed by atoms with Crippen molar-refractivity contribution in [3.63, 3.8) is 0 Å². The molecule has 1 aromatic carbocycles. The predicted molar refractivity (Wildman–Crippen MR) is 106 cm³/mol. The number of carbonyl (C=O) groups is 1. The van der Waals surface area contributed by atoms with Crippen molar-refractivity contribution in [2.75, 3.05) is 0 Å². The van der Waals surface area contributed by atoms with Gasteiger partial charge in [-0.05, 0) is 29.3 Å². The van der Waals surface area contributed by atoms with Crippen LogP contribution in [0, 0.1) is 0 Å². The second-order valence-electron chi connectivity index (χ2n) is 5.33. The van der Waals surface area contributed by atoms with Crippen molar-refractivity contribution in [3.8, 4) is 0 Å². The van der Waals surface area contributed by atoms with Gasteiger partial charge in [0, 0.05) is 34.5 Å². The highest BCUT2D eigenvalue weighted by molar-refractivity contribution is 9.10. The van der Waals surface area contributed by atoms with E-state index in [4.69, 9.17) is 0 Å². The number of rotatable bonds is 7. The zero-order valence-corrected chi connectivity index (χ0v) is 16.5. The lowest BCUT2D eigenvalue weighted by Crippen LogP contribution is -2.24. The van der Waals surface area contributed by atoms with Crippen LogP contribution in [0.5, 0.6) is 0 Å². The van der Waals surface area contributed by atoms with Gasteiger partial charge in [0.05, 0.1) is 12.1 Å². The van der Waals surface area contributed by atoms with Gasteiger partial charge in [0.2, 0.25) is 5.91 Å². The van der Waals surface area contributed by atoms with E-state index < -0.39 is 0 Å². The third-order valence-electron chi connectivity index (χ3n) is 3.36. The molecule has 4 nitrogen and oxygen atoms in total. The van der Waals surface area contributed by atoms with Gasteiger partial charge in [-0.15, -0.1) is 11.3 Å². The number of carbonyl (C=O) groups excluding carboxylic acids is 1.